The van der Waals surface area contributed by atoms with Gasteiger partial charge in [0.05, 0.1) is 11.8 Å². The van der Waals surface area contributed by atoms with Gasteiger partial charge in [-0.3, -0.25) is 0 Å². The summed E-state index contributed by atoms with van der Waals surface area (Å²) in [6.45, 7) is 1.76. The van der Waals surface area contributed by atoms with E-state index in [2.05, 4.69) is 15.1 Å². The van der Waals surface area contributed by atoms with Gasteiger partial charge in [-0.25, -0.2) is 9.97 Å². The number of rotatable bonds is 1. The largest absolute Gasteiger partial charge is 0.383 e. The van der Waals surface area contributed by atoms with Crippen molar-refractivity contribution in [3.05, 3.63) is 17.6 Å². The minimum atomic E-state index is 0.395. The number of anilines is 1. The van der Waals surface area contributed by atoms with Gasteiger partial charge in [0, 0.05) is 6.20 Å². The number of nitrogens with two attached hydrogens (primary N) is 2. The van der Waals surface area contributed by atoms with E-state index >= 15 is 0 Å². The first-order valence-electron chi connectivity index (χ1n) is 3.06. The first-order valence-corrected chi connectivity index (χ1v) is 3.06. The van der Waals surface area contributed by atoms with Crippen LogP contribution in [0.1, 0.15) is 11.4 Å². The van der Waals surface area contributed by atoms with Gasteiger partial charge in [0.1, 0.15) is 11.6 Å². The summed E-state index contributed by atoms with van der Waals surface area (Å²) in [5, 5.41) is 3.31. The molecule has 0 saturated carbocycles. The van der Waals surface area contributed by atoms with E-state index < -0.39 is 0 Å². The van der Waals surface area contributed by atoms with Crippen molar-refractivity contribution in [2.75, 3.05) is 5.73 Å². The molecular weight excluding hydrogens is 142 g/mol. The highest BCUT2D eigenvalue weighted by Crippen LogP contribution is 2.02. The topological polar surface area (TPSA) is 90.2 Å². The van der Waals surface area contributed by atoms with Gasteiger partial charge in [-0.15, -0.1) is 0 Å². The zero-order valence-corrected chi connectivity index (χ0v) is 6.15. The second-order valence-electron chi connectivity index (χ2n) is 2.04. The van der Waals surface area contributed by atoms with Crippen LogP contribution in [-0.2, 0) is 0 Å². The average Bonchev–Trinajstić information content (AvgIpc) is 1.95. The van der Waals surface area contributed by atoms with Gasteiger partial charge in [0.15, 0.2) is 0 Å². The van der Waals surface area contributed by atoms with E-state index in [1.165, 1.54) is 6.21 Å². The minimum Gasteiger partial charge on any atom is -0.383 e. The van der Waals surface area contributed by atoms with E-state index in [0.717, 1.165) is 0 Å². The number of hydrazone groups is 1. The average molecular weight is 151 g/mol. The Morgan fingerprint density at radius 2 is 2.36 bits per heavy atom. The van der Waals surface area contributed by atoms with Gasteiger partial charge in [-0.05, 0) is 6.92 Å². The monoisotopic (exact) mass is 151 g/mol. The summed E-state index contributed by atoms with van der Waals surface area (Å²) >= 11 is 0. The summed E-state index contributed by atoms with van der Waals surface area (Å²) < 4.78 is 0. The van der Waals surface area contributed by atoms with E-state index in [9.17, 15) is 0 Å². The highest BCUT2D eigenvalue weighted by atomic mass is 15.1. The number of hydrogen-bond donors (Lipinski definition) is 2. The Kier molecular flexibility index (Phi) is 2.00. The van der Waals surface area contributed by atoms with E-state index in [-0.39, 0.29) is 0 Å². The van der Waals surface area contributed by atoms with Crippen LogP contribution in [0.5, 0.6) is 0 Å². The van der Waals surface area contributed by atoms with Gasteiger partial charge >= 0.3 is 0 Å². The van der Waals surface area contributed by atoms with Crippen molar-refractivity contribution < 1.29 is 0 Å². The number of aromatic nitrogens is 2. The molecule has 0 fully saturated rings. The van der Waals surface area contributed by atoms with E-state index in [4.69, 9.17) is 11.6 Å². The molecule has 0 aliphatic carbocycles. The first-order chi connectivity index (χ1) is 5.24. The van der Waals surface area contributed by atoms with E-state index in [0.29, 0.717) is 17.2 Å². The van der Waals surface area contributed by atoms with Crippen LogP contribution in [0.4, 0.5) is 5.82 Å². The molecule has 0 atom stereocenters. The summed E-state index contributed by atoms with van der Waals surface area (Å²) in [5.74, 6) is 5.96. The van der Waals surface area contributed by atoms with Crippen LogP contribution >= 0.6 is 0 Å². The fourth-order valence-electron chi connectivity index (χ4n) is 0.677. The number of aryl methyl sites for hydroxylation is 1. The zero-order chi connectivity index (χ0) is 8.27. The quantitative estimate of drug-likeness (QED) is 0.326. The number of nitrogen functional groups attached to an aromatic ring is 1. The molecular formula is C6H9N5. The maximum atomic E-state index is 5.51. The van der Waals surface area contributed by atoms with Crippen molar-refractivity contribution in [3.8, 4) is 0 Å². The second-order valence-corrected chi connectivity index (χ2v) is 2.04. The Morgan fingerprint density at radius 1 is 1.64 bits per heavy atom. The van der Waals surface area contributed by atoms with Gasteiger partial charge in [0.2, 0.25) is 0 Å². The predicted octanol–water partition coefficient (Wildman–Crippen LogP) is -0.340. The molecule has 58 valence electrons. The molecule has 0 spiro atoms. The van der Waals surface area contributed by atoms with Crippen molar-refractivity contribution >= 4 is 12.0 Å². The molecule has 0 saturated heterocycles. The van der Waals surface area contributed by atoms with Gasteiger partial charge in [-0.2, -0.15) is 5.10 Å². The molecule has 0 radical (unpaired) electrons. The van der Waals surface area contributed by atoms with Crippen LogP contribution in [0.2, 0.25) is 0 Å². The number of hydrogen-bond acceptors (Lipinski definition) is 5. The molecule has 1 heterocycles. The van der Waals surface area contributed by atoms with Crippen molar-refractivity contribution in [2.24, 2.45) is 10.9 Å². The Balaban J connectivity index is 3.09. The lowest BCUT2D eigenvalue weighted by molar-refractivity contribution is 1.06. The van der Waals surface area contributed by atoms with Crippen LogP contribution in [0.25, 0.3) is 0 Å². The normalized spacial score (nSPS) is 10.6. The van der Waals surface area contributed by atoms with Gasteiger partial charge < -0.3 is 11.6 Å². The van der Waals surface area contributed by atoms with E-state index in [1.54, 1.807) is 13.1 Å². The van der Waals surface area contributed by atoms with Crippen LogP contribution in [0, 0.1) is 6.92 Å². The molecule has 5 heteroatoms. The summed E-state index contributed by atoms with van der Waals surface area (Å²) in [6, 6.07) is 0. The first kappa shape index (κ1) is 7.46. The molecule has 1 aromatic heterocycles. The standard InChI is InChI=1S/C6H9N5/c1-4-9-2-5(3-10-8)6(7)11-4/h2-3H,8H2,1H3,(H2,7,9,11). The fraction of sp³-hybridized carbons (Fsp3) is 0.167. The van der Waals surface area contributed by atoms with Gasteiger partial charge in [0.25, 0.3) is 0 Å². The maximum Gasteiger partial charge on any atom is 0.136 e. The highest BCUT2D eigenvalue weighted by Gasteiger charge is 1.96. The third-order valence-corrected chi connectivity index (χ3v) is 1.18. The van der Waals surface area contributed by atoms with Crippen LogP contribution in [0.15, 0.2) is 11.3 Å². The van der Waals surface area contributed by atoms with Crippen molar-refractivity contribution in [1.29, 1.82) is 0 Å². The smallest absolute Gasteiger partial charge is 0.136 e. The Hall–Kier alpha value is -1.65. The fourth-order valence-corrected chi connectivity index (χ4v) is 0.677. The lowest BCUT2D eigenvalue weighted by Gasteiger charge is -1.97. The highest BCUT2D eigenvalue weighted by molar-refractivity contribution is 5.84. The molecule has 1 aromatic rings. The third-order valence-electron chi connectivity index (χ3n) is 1.18. The van der Waals surface area contributed by atoms with Crippen LogP contribution in [-0.4, -0.2) is 16.2 Å². The summed E-state index contributed by atoms with van der Waals surface area (Å²) in [6.07, 6.45) is 2.99. The van der Waals surface area contributed by atoms with Crippen molar-refractivity contribution in [2.45, 2.75) is 6.92 Å². The summed E-state index contributed by atoms with van der Waals surface area (Å²) in [5.41, 5.74) is 6.15. The number of nitrogens with zero attached hydrogens (tertiary/aromatic N) is 3. The molecule has 0 aliphatic heterocycles. The SMILES string of the molecule is Cc1ncc(C=NN)c(N)n1. The molecule has 11 heavy (non-hydrogen) atoms. The molecule has 0 bridgehead atoms. The van der Waals surface area contributed by atoms with Gasteiger partial charge in [-0.1, -0.05) is 0 Å². The maximum absolute atomic E-state index is 5.51. The van der Waals surface area contributed by atoms with Crippen molar-refractivity contribution in [3.63, 3.8) is 0 Å². The lowest BCUT2D eigenvalue weighted by Crippen LogP contribution is -2.01. The Labute approximate surface area is 64.1 Å². The molecule has 1 rings (SSSR count). The molecule has 0 aromatic carbocycles. The molecule has 0 aliphatic rings. The van der Waals surface area contributed by atoms with E-state index in [1.807, 2.05) is 0 Å². The molecule has 0 amide bonds. The second kappa shape index (κ2) is 2.96. The predicted molar refractivity (Wildman–Crippen MR) is 43.0 cm³/mol. The zero-order valence-electron chi connectivity index (χ0n) is 6.15. The Morgan fingerprint density at radius 3 is 2.91 bits per heavy atom. The third kappa shape index (κ3) is 1.64. The Bertz CT molecular complexity index is 280. The molecule has 4 N–H and O–H groups in total. The summed E-state index contributed by atoms with van der Waals surface area (Å²) in [7, 11) is 0. The minimum absolute atomic E-state index is 0.395. The van der Waals surface area contributed by atoms with Crippen molar-refractivity contribution in [1.82, 2.24) is 9.97 Å². The van der Waals surface area contributed by atoms with Crippen LogP contribution in [0.3, 0.4) is 0 Å². The molecule has 0 unspecified atom stereocenters. The lowest BCUT2D eigenvalue weighted by atomic mass is 10.3. The molecule has 5 nitrogen and oxygen atoms in total. The van der Waals surface area contributed by atoms with Crippen LogP contribution < -0.4 is 11.6 Å². The summed E-state index contributed by atoms with van der Waals surface area (Å²) in [4.78, 5) is 7.83.